The standard InChI is InChI=1S/C24H31NO4S/c1-4-30-24-23(28-16-20-13-9-6-10-14-20)21(25-18(3)26)22(17(2)29-24)27-15-19-11-7-5-8-12-19/h5-14,17,21-24H,4,15-16H2,1-3H3,(H,25,26)/t17-,21+,22-,23-,24?/m1/s1. The largest absolute Gasteiger partial charge is 0.369 e. The molecule has 1 amide bonds. The Morgan fingerprint density at radius 2 is 1.50 bits per heavy atom. The lowest BCUT2D eigenvalue weighted by molar-refractivity contribution is -0.189. The number of ether oxygens (including phenoxy) is 3. The van der Waals surface area contributed by atoms with Crippen LogP contribution in [0.15, 0.2) is 60.7 Å². The number of hydrogen-bond donors (Lipinski definition) is 1. The molecule has 1 fully saturated rings. The van der Waals surface area contributed by atoms with Crippen LogP contribution in [0.5, 0.6) is 0 Å². The van der Waals surface area contributed by atoms with Crippen molar-refractivity contribution < 1.29 is 19.0 Å². The molecule has 1 heterocycles. The molecule has 3 rings (SSSR count). The van der Waals surface area contributed by atoms with E-state index < -0.39 is 0 Å². The summed E-state index contributed by atoms with van der Waals surface area (Å²) in [5.41, 5.74) is 1.99. The molecule has 1 N–H and O–H groups in total. The zero-order chi connectivity index (χ0) is 21.3. The first-order valence-corrected chi connectivity index (χ1v) is 11.5. The normalized spacial score (nSPS) is 26.3. The van der Waals surface area contributed by atoms with Crippen LogP contribution in [0.3, 0.4) is 0 Å². The predicted molar refractivity (Wildman–Crippen MR) is 120 cm³/mol. The van der Waals surface area contributed by atoms with E-state index in [0.717, 1.165) is 16.9 Å². The van der Waals surface area contributed by atoms with Gasteiger partial charge in [0.2, 0.25) is 5.91 Å². The lowest BCUT2D eigenvalue weighted by Gasteiger charge is -2.45. The molecular formula is C24H31NO4S. The molecule has 0 aliphatic carbocycles. The number of carbonyl (C=O) groups is 1. The third-order valence-electron chi connectivity index (χ3n) is 5.06. The lowest BCUT2D eigenvalue weighted by atomic mass is 9.97. The van der Waals surface area contributed by atoms with Gasteiger partial charge in [-0.3, -0.25) is 4.79 Å². The summed E-state index contributed by atoms with van der Waals surface area (Å²) in [6, 6.07) is 19.8. The topological polar surface area (TPSA) is 56.8 Å². The number of thioether (sulfide) groups is 1. The molecule has 1 aliphatic heterocycles. The van der Waals surface area contributed by atoms with Crippen LogP contribution in [0, 0.1) is 0 Å². The van der Waals surface area contributed by atoms with Gasteiger partial charge in [0.25, 0.3) is 0 Å². The molecular weight excluding hydrogens is 398 g/mol. The van der Waals surface area contributed by atoms with Gasteiger partial charge in [-0.2, -0.15) is 0 Å². The fourth-order valence-corrected chi connectivity index (χ4v) is 4.69. The van der Waals surface area contributed by atoms with Gasteiger partial charge in [0, 0.05) is 6.92 Å². The first kappa shape index (κ1) is 22.8. The third kappa shape index (κ3) is 6.32. The molecule has 1 unspecified atom stereocenters. The molecule has 5 nitrogen and oxygen atoms in total. The molecule has 1 saturated heterocycles. The van der Waals surface area contributed by atoms with E-state index in [0.29, 0.717) is 13.2 Å². The lowest BCUT2D eigenvalue weighted by Crippen LogP contribution is -2.63. The summed E-state index contributed by atoms with van der Waals surface area (Å²) in [5.74, 6) is 0.793. The summed E-state index contributed by atoms with van der Waals surface area (Å²) in [7, 11) is 0. The Morgan fingerprint density at radius 3 is 2.00 bits per heavy atom. The second kappa shape index (κ2) is 11.5. The third-order valence-corrected chi connectivity index (χ3v) is 6.10. The summed E-state index contributed by atoms with van der Waals surface area (Å²) in [6.45, 7) is 6.53. The minimum absolute atomic E-state index is 0.101. The maximum absolute atomic E-state index is 12.1. The van der Waals surface area contributed by atoms with E-state index in [4.69, 9.17) is 14.2 Å². The Bertz CT molecular complexity index is 773. The molecule has 2 aromatic carbocycles. The van der Waals surface area contributed by atoms with Crippen LogP contribution in [-0.4, -0.2) is 41.4 Å². The first-order valence-electron chi connectivity index (χ1n) is 10.4. The predicted octanol–water partition coefficient (Wildman–Crippen LogP) is 4.16. The Kier molecular flexibility index (Phi) is 8.75. The highest BCUT2D eigenvalue weighted by molar-refractivity contribution is 7.99. The fraction of sp³-hybridized carbons (Fsp3) is 0.458. The molecule has 0 aromatic heterocycles. The number of benzene rings is 2. The SMILES string of the molecule is CCSC1O[C@H](C)[C@@H](OCc2ccccc2)[C@H](NC(C)=O)[C@H]1OCc1ccccc1. The summed E-state index contributed by atoms with van der Waals surface area (Å²) in [5, 5.41) is 3.09. The minimum atomic E-state index is -0.323. The Balaban J connectivity index is 1.78. The quantitative estimate of drug-likeness (QED) is 0.649. The molecule has 6 heteroatoms. The van der Waals surface area contributed by atoms with E-state index in [1.807, 2.05) is 67.6 Å². The number of carbonyl (C=O) groups excluding carboxylic acids is 1. The van der Waals surface area contributed by atoms with Gasteiger partial charge in [0.05, 0.1) is 25.4 Å². The van der Waals surface area contributed by atoms with Gasteiger partial charge >= 0.3 is 0 Å². The van der Waals surface area contributed by atoms with E-state index in [1.54, 1.807) is 11.8 Å². The highest BCUT2D eigenvalue weighted by Gasteiger charge is 2.46. The number of hydrogen-bond acceptors (Lipinski definition) is 5. The smallest absolute Gasteiger partial charge is 0.217 e. The minimum Gasteiger partial charge on any atom is -0.369 e. The van der Waals surface area contributed by atoms with Gasteiger partial charge in [0.15, 0.2) is 0 Å². The van der Waals surface area contributed by atoms with E-state index in [2.05, 4.69) is 12.2 Å². The van der Waals surface area contributed by atoms with E-state index in [1.165, 1.54) is 6.92 Å². The van der Waals surface area contributed by atoms with Crippen LogP contribution in [0.2, 0.25) is 0 Å². The maximum Gasteiger partial charge on any atom is 0.217 e. The Morgan fingerprint density at radius 1 is 0.967 bits per heavy atom. The van der Waals surface area contributed by atoms with Crippen molar-refractivity contribution in [1.29, 1.82) is 0 Å². The molecule has 1 aliphatic rings. The second-order valence-electron chi connectivity index (χ2n) is 7.41. The average molecular weight is 430 g/mol. The molecule has 0 spiro atoms. The van der Waals surface area contributed by atoms with Crippen LogP contribution >= 0.6 is 11.8 Å². The van der Waals surface area contributed by atoms with Crippen molar-refractivity contribution in [3.63, 3.8) is 0 Å². The van der Waals surface area contributed by atoms with Gasteiger partial charge in [-0.05, 0) is 23.8 Å². The van der Waals surface area contributed by atoms with Crippen molar-refractivity contribution in [3.8, 4) is 0 Å². The van der Waals surface area contributed by atoms with Gasteiger partial charge in [0.1, 0.15) is 17.6 Å². The summed E-state index contributed by atoms with van der Waals surface area (Å²) in [6.07, 6.45) is -0.814. The van der Waals surface area contributed by atoms with Crippen LogP contribution in [-0.2, 0) is 32.2 Å². The van der Waals surface area contributed by atoms with Crippen molar-refractivity contribution in [2.75, 3.05) is 5.75 Å². The molecule has 0 radical (unpaired) electrons. The Labute approximate surface area is 183 Å². The summed E-state index contributed by atoms with van der Waals surface area (Å²) >= 11 is 1.69. The Hall–Kier alpha value is -1.86. The summed E-state index contributed by atoms with van der Waals surface area (Å²) < 4.78 is 18.9. The number of rotatable bonds is 9. The number of nitrogens with one attached hydrogen (secondary N) is 1. The van der Waals surface area contributed by atoms with E-state index in [-0.39, 0.29) is 35.7 Å². The average Bonchev–Trinajstić information content (AvgIpc) is 2.74. The van der Waals surface area contributed by atoms with Gasteiger partial charge in [-0.1, -0.05) is 67.6 Å². The zero-order valence-corrected chi connectivity index (χ0v) is 18.6. The van der Waals surface area contributed by atoms with Crippen molar-refractivity contribution in [1.82, 2.24) is 5.32 Å². The van der Waals surface area contributed by atoms with E-state index >= 15 is 0 Å². The molecule has 162 valence electrons. The van der Waals surface area contributed by atoms with E-state index in [9.17, 15) is 4.79 Å². The highest BCUT2D eigenvalue weighted by Crippen LogP contribution is 2.32. The molecule has 2 aromatic rings. The van der Waals surface area contributed by atoms with Gasteiger partial charge in [-0.25, -0.2) is 0 Å². The van der Waals surface area contributed by atoms with Crippen LogP contribution in [0.1, 0.15) is 31.9 Å². The monoisotopic (exact) mass is 429 g/mol. The van der Waals surface area contributed by atoms with Crippen LogP contribution in [0.25, 0.3) is 0 Å². The highest BCUT2D eigenvalue weighted by atomic mass is 32.2. The van der Waals surface area contributed by atoms with Crippen molar-refractivity contribution in [2.24, 2.45) is 0 Å². The van der Waals surface area contributed by atoms with Crippen LogP contribution in [0.4, 0.5) is 0 Å². The molecule has 5 atom stereocenters. The zero-order valence-electron chi connectivity index (χ0n) is 17.8. The molecule has 30 heavy (non-hydrogen) atoms. The second-order valence-corrected chi connectivity index (χ2v) is 8.79. The van der Waals surface area contributed by atoms with Crippen molar-refractivity contribution >= 4 is 17.7 Å². The van der Waals surface area contributed by atoms with Crippen molar-refractivity contribution in [3.05, 3.63) is 71.8 Å². The van der Waals surface area contributed by atoms with Crippen molar-refractivity contribution in [2.45, 2.75) is 63.8 Å². The van der Waals surface area contributed by atoms with Gasteiger partial charge < -0.3 is 19.5 Å². The van der Waals surface area contributed by atoms with Gasteiger partial charge in [-0.15, -0.1) is 11.8 Å². The first-order chi connectivity index (χ1) is 14.6. The number of amides is 1. The molecule has 0 saturated carbocycles. The molecule has 0 bridgehead atoms. The summed E-state index contributed by atoms with van der Waals surface area (Å²) in [4.78, 5) is 12.1. The van der Waals surface area contributed by atoms with Crippen LogP contribution < -0.4 is 5.32 Å². The maximum atomic E-state index is 12.1. The fourth-order valence-electron chi connectivity index (χ4n) is 3.67.